The van der Waals surface area contributed by atoms with E-state index in [1.807, 2.05) is 0 Å². The van der Waals surface area contributed by atoms with Gasteiger partial charge in [0.2, 0.25) is 5.92 Å². The number of ether oxygens (including phenoxy) is 1. The highest BCUT2D eigenvalue weighted by Gasteiger charge is 2.34. The Kier molecular flexibility index (Phi) is 5.81. The van der Waals surface area contributed by atoms with Gasteiger partial charge in [-0.3, -0.25) is 5.32 Å². The number of anilines is 2. The monoisotopic (exact) mass is 358 g/mol. The van der Waals surface area contributed by atoms with Crippen LogP contribution in [0.15, 0.2) is 18.2 Å². The minimum absolute atomic E-state index is 0.0532. The Balaban J connectivity index is 2.07. The maximum atomic E-state index is 13.2. The van der Waals surface area contributed by atoms with E-state index in [0.29, 0.717) is 25.1 Å². The Bertz CT molecular complexity index is 610. The fourth-order valence-electron chi connectivity index (χ4n) is 2.82. The first-order valence-electron chi connectivity index (χ1n) is 8.00. The number of halogens is 2. The van der Waals surface area contributed by atoms with Crippen molar-refractivity contribution in [3.8, 4) is 0 Å². The molecule has 0 bridgehead atoms. The van der Waals surface area contributed by atoms with Crippen LogP contribution in [-0.2, 0) is 4.74 Å². The van der Waals surface area contributed by atoms with Crippen molar-refractivity contribution in [1.29, 1.82) is 0 Å². The van der Waals surface area contributed by atoms with E-state index >= 15 is 0 Å². The Morgan fingerprint density at radius 3 is 2.56 bits per heavy atom. The van der Waals surface area contributed by atoms with Crippen LogP contribution in [0.3, 0.4) is 0 Å². The van der Waals surface area contributed by atoms with Crippen molar-refractivity contribution in [2.45, 2.75) is 31.6 Å². The number of carbonyl (C=O) groups excluding carboxylic acids is 1. The molecule has 140 valence electrons. The minimum Gasteiger partial charge on any atom is -0.626 e. The zero-order valence-electron chi connectivity index (χ0n) is 14.2. The number of hydroxylamine groups is 2. The molecular weight excluding hydrogens is 336 g/mol. The Morgan fingerprint density at radius 2 is 2.00 bits per heavy atom. The molecule has 0 atom stereocenters. The summed E-state index contributed by atoms with van der Waals surface area (Å²) in [6, 6.07) is 4.30. The molecule has 1 amide bonds. The van der Waals surface area contributed by atoms with E-state index in [0.717, 1.165) is 7.05 Å². The first kappa shape index (κ1) is 19.4. The van der Waals surface area contributed by atoms with Gasteiger partial charge in [0.1, 0.15) is 0 Å². The van der Waals surface area contributed by atoms with Gasteiger partial charge in [-0.05, 0) is 30.9 Å². The molecule has 9 heteroatoms. The van der Waals surface area contributed by atoms with Gasteiger partial charge >= 0.3 is 6.09 Å². The molecule has 0 aliphatic heterocycles. The molecule has 7 nitrogen and oxygen atoms in total. The SMILES string of the molecule is COC(=O)Nc1ccc(NCC2CCC(F)(F)CC2)c([N+](C)([O-])[O-])c1. The first-order valence-corrected chi connectivity index (χ1v) is 8.00. The number of nitrogens with zero attached hydrogens (tertiary/aromatic N) is 1. The van der Waals surface area contributed by atoms with Crippen molar-refractivity contribution in [2.24, 2.45) is 5.92 Å². The third kappa shape index (κ3) is 5.52. The summed E-state index contributed by atoms with van der Waals surface area (Å²) in [6.07, 6.45) is -0.243. The molecular formula is C16H22F2N3O4-. The second-order valence-corrected chi connectivity index (χ2v) is 6.37. The predicted molar refractivity (Wildman–Crippen MR) is 92.3 cm³/mol. The van der Waals surface area contributed by atoms with Gasteiger partial charge in [0, 0.05) is 25.5 Å². The summed E-state index contributed by atoms with van der Waals surface area (Å²) in [5.74, 6) is -2.54. The number of carbonyl (C=O) groups is 1. The lowest BCUT2D eigenvalue weighted by atomic mass is 9.87. The Morgan fingerprint density at radius 1 is 1.36 bits per heavy atom. The standard InChI is InChI=1S/C16H22F2N3O4/c1-21(23,24)14-9-12(20-15(22)25-2)3-4-13(14)19-10-11-5-7-16(17,18)8-6-11/h3-4,9,11,19H,5-8,10H2,1-2H3,(H,20,22)/q-1. The summed E-state index contributed by atoms with van der Waals surface area (Å²) >= 11 is 0. The second kappa shape index (κ2) is 7.51. The maximum Gasteiger partial charge on any atom is 0.411 e. The average molecular weight is 358 g/mol. The van der Waals surface area contributed by atoms with Gasteiger partial charge in [0.25, 0.3) is 0 Å². The number of benzene rings is 1. The largest absolute Gasteiger partial charge is 0.626 e. The van der Waals surface area contributed by atoms with E-state index in [1.54, 1.807) is 0 Å². The number of quaternary nitrogens is 1. The molecule has 2 rings (SSSR count). The van der Waals surface area contributed by atoms with Crippen molar-refractivity contribution < 1.29 is 18.3 Å². The highest BCUT2D eigenvalue weighted by molar-refractivity contribution is 5.87. The van der Waals surface area contributed by atoms with Crippen molar-refractivity contribution in [3.63, 3.8) is 0 Å². The molecule has 0 radical (unpaired) electrons. The van der Waals surface area contributed by atoms with Gasteiger partial charge in [0.15, 0.2) is 5.69 Å². The third-order valence-corrected chi connectivity index (χ3v) is 4.29. The molecule has 2 N–H and O–H groups in total. The lowest BCUT2D eigenvalue weighted by Gasteiger charge is -2.43. The fraction of sp³-hybridized carbons (Fsp3) is 0.562. The number of hydrogen-bond acceptors (Lipinski definition) is 5. The fourth-order valence-corrected chi connectivity index (χ4v) is 2.82. The molecule has 0 heterocycles. The second-order valence-electron chi connectivity index (χ2n) is 6.37. The van der Waals surface area contributed by atoms with E-state index in [2.05, 4.69) is 15.4 Å². The van der Waals surface area contributed by atoms with Crippen molar-refractivity contribution in [2.75, 3.05) is 31.3 Å². The van der Waals surface area contributed by atoms with Crippen LogP contribution in [0, 0.1) is 16.3 Å². The Labute approximate surface area is 144 Å². The highest BCUT2D eigenvalue weighted by atomic mass is 19.3. The van der Waals surface area contributed by atoms with Crippen LogP contribution in [0.5, 0.6) is 0 Å². The van der Waals surface area contributed by atoms with Crippen LogP contribution in [0.25, 0.3) is 0 Å². The molecule has 25 heavy (non-hydrogen) atoms. The lowest BCUT2D eigenvalue weighted by molar-refractivity contribution is -0.0443. The van der Waals surface area contributed by atoms with Gasteiger partial charge in [-0.1, -0.05) is 0 Å². The highest BCUT2D eigenvalue weighted by Crippen LogP contribution is 2.37. The Hall–Kier alpha value is -1.97. The maximum absolute atomic E-state index is 13.2. The van der Waals surface area contributed by atoms with Crippen LogP contribution in [0.1, 0.15) is 25.7 Å². The summed E-state index contributed by atoms with van der Waals surface area (Å²) in [5, 5.41) is 29.1. The van der Waals surface area contributed by atoms with E-state index in [9.17, 15) is 24.0 Å². The van der Waals surface area contributed by atoms with Gasteiger partial charge in [-0.2, -0.15) is 0 Å². The normalized spacial score (nSPS) is 17.8. The molecule has 0 spiro atoms. The topological polar surface area (TPSA) is 96.5 Å². The molecule has 1 aromatic rings. The van der Waals surface area contributed by atoms with Crippen LogP contribution < -0.4 is 15.4 Å². The van der Waals surface area contributed by atoms with Gasteiger partial charge in [0.05, 0.1) is 25.5 Å². The average Bonchev–Trinajstić information content (AvgIpc) is 2.53. The summed E-state index contributed by atoms with van der Waals surface area (Å²) in [7, 11) is 2.12. The van der Waals surface area contributed by atoms with E-state index in [-0.39, 0.29) is 30.1 Å². The number of methoxy groups -OCH3 is 1. The third-order valence-electron chi connectivity index (χ3n) is 4.29. The zero-order valence-corrected chi connectivity index (χ0v) is 14.2. The summed E-state index contributed by atoms with van der Waals surface area (Å²) in [6.45, 7) is 0.396. The zero-order chi connectivity index (χ0) is 18.7. The number of nitrogens with one attached hydrogen (secondary N) is 2. The molecule has 0 aromatic heterocycles. The van der Waals surface area contributed by atoms with E-state index in [4.69, 9.17) is 0 Å². The summed E-state index contributed by atoms with van der Waals surface area (Å²) in [4.78, 5) is 9.30. The van der Waals surface area contributed by atoms with Crippen LogP contribution in [-0.4, -0.2) is 32.7 Å². The van der Waals surface area contributed by atoms with Gasteiger partial charge in [-0.25, -0.2) is 13.6 Å². The lowest BCUT2D eigenvalue weighted by Crippen LogP contribution is -2.32. The minimum atomic E-state index is -2.59. The first-order chi connectivity index (χ1) is 11.6. The number of rotatable bonds is 5. The van der Waals surface area contributed by atoms with Crippen molar-refractivity contribution in [1.82, 2.24) is 4.81 Å². The van der Waals surface area contributed by atoms with Crippen LogP contribution in [0.4, 0.5) is 30.6 Å². The van der Waals surface area contributed by atoms with Gasteiger partial charge in [-0.15, -0.1) is 0 Å². The van der Waals surface area contributed by atoms with Crippen molar-refractivity contribution in [3.05, 3.63) is 28.6 Å². The molecule has 1 fully saturated rings. The quantitative estimate of drug-likeness (QED) is 0.612. The van der Waals surface area contributed by atoms with Gasteiger partial charge < -0.3 is 25.3 Å². The molecule has 0 unspecified atom stereocenters. The van der Waals surface area contributed by atoms with Crippen LogP contribution >= 0.6 is 0 Å². The summed E-state index contributed by atoms with van der Waals surface area (Å²) in [5.41, 5.74) is 0.455. The molecule has 1 aromatic carbocycles. The van der Waals surface area contributed by atoms with Crippen LogP contribution in [0.2, 0.25) is 0 Å². The van der Waals surface area contributed by atoms with Crippen molar-refractivity contribution >= 4 is 23.2 Å². The predicted octanol–water partition coefficient (Wildman–Crippen LogP) is 4.04. The molecule has 1 aliphatic rings. The number of hydrogen-bond donors (Lipinski definition) is 2. The summed E-state index contributed by atoms with van der Waals surface area (Å²) < 4.78 is 30.8. The van der Waals surface area contributed by atoms with E-state index in [1.165, 1.54) is 25.3 Å². The number of amides is 1. The smallest absolute Gasteiger partial charge is 0.411 e. The molecule has 0 saturated heterocycles. The van der Waals surface area contributed by atoms with E-state index < -0.39 is 16.8 Å². The number of alkyl halides is 2. The molecule has 1 aliphatic carbocycles. The molecule has 1 saturated carbocycles.